The molecule has 9 heteroatoms. The number of allylic oxidation sites excluding steroid dienone is 8. The van der Waals surface area contributed by atoms with Crippen molar-refractivity contribution in [1.29, 1.82) is 0 Å². The lowest BCUT2D eigenvalue weighted by Gasteiger charge is -2.39. The number of ether oxygens (including phenoxy) is 4. The fraction of sp³-hybridized carbons (Fsp3) is 0.827. The number of esters is 1. The van der Waals surface area contributed by atoms with Crippen LogP contribution < -0.4 is 0 Å². The number of aliphatic hydroxyl groups excluding tert-OH is 4. The number of unbranched alkanes of at least 4 members (excludes halogenated alkanes) is 24. The van der Waals surface area contributed by atoms with Crippen molar-refractivity contribution in [2.45, 2.75) is 250 Å². The van der Waals surface area contributed by atoms with Gasteiger partial charge in [0.05, 0.1) is 19.8 Å². The van der Waals surface area contributed by atoms with E-state index in [2.05, 4.69) is 62.5 Å². The third-order valence-corrected chi connectivity index (χ3v) is 11.5. The van der Waals surface area contributed by atoms with Crippen LogP contribution in [0.1, 0.15) is 213 Å². The van der Waals surface area contributed by atoms with E-state index in [0.29, 0.717) is 13.0 Å². The average Bonchev–Trinajstić information content (AvgIpc) is 3.26. The Morgan fingerprint density at radius 2 is 1.00 bits per heavy atom. The highest BCUT2D eigenvalue weighted by Crippen LogP contribution is 2.23. The number of hydrogen-bond donors (Lipinski definition) is 4. The number of rotatable bonds is 43. The van der Waals surface area contributed by atoms with E-state index >= 15 is 0 Å². The number of carbonyl (C=O) groups excluding carboxylic acids is 1. The van der Waals surface area contributed by atoms with Gasteiger partial charge in [-0.15, -0.1) is 0 Å². The van der Waals surface area contributed by atoms with Crippen molar-refractivity contribution >= 4 is 5.97 Å². The summed E-state index contributed by atoms with van der Waals surface area (Å²) in [5.41, 5.74) is 0. The van der Waals surface area contributed by atoms with Crippen molar-refractivity contribution in [3.63, 3.8) is 0 Å². The van der Waals surface area contributed by atoms with Crippen LogP contribution in [0.5, 0.6) is 0 Å². The molecule has 0 bridgehead atoms. The minimum absolute atomic E-state index is 0.122. The first-order valence-electron chi connectivity index (χ1n) is 25.2. The molecule has 0 aliphatic carbocycles. The summed E-state index contributed by atoms with van der Waals surface area (Å²) in [6, 6.07) is 0. The van der Waals surface area contributed by atoms with Crippen LogP contribution in [-0.2, 0) is 23.7 Å². The molecule has 4 N–H and O–H groups in total. The second-order valence-corrected chi connectivity index (χ2v) is 17.2. The summed E-state index contributed by atoms with van der Waals surface area (Å²) in [6.45, 7) is 4.44. The van der Waals surface area contributed by atoms with Gasteiger partial charge < -0.3 is 39.4 Å². The summed E-state index contributed by atoms with van der Waals surface area (Å²) in [6.07, 6.45) is 47.2. The molecule has 1 fully saturated rings. The number of carbonyl (C=O) groups is 1. The molecule has 1 aliphatic rings. The van der Waals surface area contributed by atoms with Gasteiger partial charge in [-0.2, -0.15) is 0 Å². The lowest BCUT2D eigenvalue weighted by atomic mass is 9.99. The summed E-state index contributed by atoms with van der Waals surface area (Å²) in [4.78, 5) is 12.8. The molecule has 1 rings (SSSR count). The highest BCUT2D eigenvalue weighted by atomic mass is 16.7. The maximum absolute atomic E-state index is 12.8. The Morgan fingerprint density at radius 3 is 1.51 bits per heavy atom. The first kappa shape index (κ1) is 57.2. The van der Waals surface area contributed by atoms with Crippen molar-refractivity contribution in [3.8, 4) is 0 Å². The second kappa shape index (κ2) is 43.4. The quantitative estimate of drug-likeness (QED) is 0.0268. The molecule has 356 valence electrons. The molecule has 0 aromatic carbocycles. The van der Waals surface area contributed by atoms with Gasteiger partial charge in [0.2, 0.25) is 0 Å². The van der Waals surface area contributed by atoms with E-state index in [1.807, 2.05) is 0 Å². The first-order chi connectivity index (χ1) is 29.9. The number of hydrogen-bond acceptors (Lipinski definition) is 9. The van der Waals surface area contributed by atoms with Crippen LogP contribution in [0.2, 0.25) is 0 Å². The Morgan fingerprint density at radius 1 is 0.541 bits per heavy atom. The zero-order valence-electron chi connectivity index (χ0n) is 39.2. The minimum atomic E-state index is -1.54. The molecule has 1 heterocycles. The van der Waals surface area contributed by atoms with Crippen LogP contribution in [0.4, 0.5) is 0 Å². The molecule has 0 aromatic heterocycles. The predicted molar refractivity (Wildman–Crippen MR) is 251 cm³/mol. The monoisotopic (exact) mass is 863 g/mol. The van der Waals surface area contributed by atoms with Crippen molar-refractivity contribution in [1.82, 2.24) is 0 Å². The number of aliphatic hydroxyl groups is 4. The minimum Gasteiger partial charge on any atom is -0.457 e. The van der Waals surface area contributed by atoms with Gasteiger partial charge in [-0.25, -0.2) is 0 Å². The predicted octanol–water partition coefficient (Wildman–Crippen LogP) is 12.1. The smallest absolute Gasteiger partial charge is 0.306 e. The maximum atomic E-state index is 12.8. The van der Waals surface area contributed by atoms with Gasteiger partial charge in [0.15, 0.2) is 6.29 Å². The fourth-order valence-electron chi connectivity index (χ4n) is 7.60. The largest absolute Gasteiger partial charge is 0.457 e. The van der Waals surface area contributed by atoms with Crippen LogP contribution in [0, 0.1) is 0 Å². The van der Waals surface area contributed by atoms with Crippen molar-refractivity contribution < 1.29 is 44.2 Å². The summed E-state index contributed by atoms with van der Waals surface area (Å²) in [5, 5.41) is 40.2. The zero-order chi connectivity index (χ0) is 44.3. The Labute approximate surface area is 373 Å². The van der Waals surface area contributed by atoms with Gasteiger partial charge >= 0.3 is 5.97 Å². The van der Waals surface area contributed by atoms with Crippen LogP contribution >= 0.6 is 0 Å². The molecule has 0 radical (unpaired) electrons. The lowest BCUT2D eigenvalue weighted by molar-refractivity contribution is -0.305. The second-order valence-electron chi connectivity index (χ2n) is 17.2. The van der Waals surface area contributed by atoms with E-state index in [4.69, 9.17) is 18.9 Å². The van der Waals surface area contributed by atoms with Gasteiger partial charge in [-0.1, -0.05) is 204 Å². The topological polar surface area (TPSA) is 135 Å². The Balaban J connectivity index is 2.21. The summed E-state index contributed by atoms with van der Waals surface area (Å²) in [7, 11) is 0. The molecule has 0 spiro atoms. The summed E-state index contributed by atoms with van der Waals surface area (Å²) < 4.78 is 22.9. The van der Waals surface area contributed by atoms with E-state index in [1.165, 1.54) is 122 Å². The van der Waals surface area contributed by atoms with Gasteiger partial charge in [0, 0.05) is 13.0 Å². The molecular weight excluding hydrogens is 769 g/mol. The van der Waals surface area contributed by atoms with Gasteiger partial charge in [-0.3, -0.25) is 4.79 Å². The molecule has 6 unspecified atom stereocenters. The van der Waals surface area contributed by atoms with E-state index in [9.17, 15) is 25.2 Å². The van der Waals surface area contributed by atoms with Gasteiger partial charge in [0.25, 0.3) is 0 Å². The Hall–Kier alpha value is -1.85. The van der Waals surface area contributed by atoms with Gasteiger partial charge in [-0.05, 0) is 51.4 Å². The van der Waals surface area contributed by atoms with E-state index in [0.717, 1.165) is 70.6 Å². The van der Waals surface area contributed by atoms with E-state index in [-0.39, 0.29) is 19.2 Å². The molecule has 0 saturated carbocycles. The summed E-state index contributed by atoms with van der Waals surface area (Å²) in [5.74, 6) is -0.334. The van der Waals surface area contributed by atoms with Crippen molar-refractivity contribution in [3.05, 3.63) is 48.6 Å². The normalized spacial score (nSPS) is 20.3. The van der Waals surface area contributed by atoms with E-state index in [1.54, 1.807) is 0 Å². The standard InChI is InChI=1S/C52H94O9/c1-3-5-7-9-11-13-15-17-19-21-22-23-24-26-28-30-32-34-36-38-40-42-58-44-46(45-59-52-51(57)50(56)49(55)47(43-53)61-52)60-48(54)41-39-37-35-33-31-29-27-25-20-18-16-14-12-10-8-6-4-2/h6,8,12,14,18,20,27,29,46-47,49-53,55-57H,3-5,7,9-11,13,15-17,19,21-26,28,30-45H2,1-2H3/b8-6-,14-12-,20-18-,29-27-. The van der Waals surface area contributed by atoms with Gasteiger partial charge in [0.1, 0.15) is 30.5 Å². The molecule has 0 aromatic rings. The van der Waals surface area contributed by atoms with Crippen LogP contribution in [0.3, 0.4) is 0 Å². The third kappa shape index (κ3) is 34.3. The molecule has 61 heavy (non-hydrogen) atoms. The summed E-state index contributed by atoms with van der Waals surface area (Å²) >= 11 is 0. The van der Waals surface area contributed by atoms with Crippen LogP contribution in [0.25, 0.3) is 0 Å². The van der Waals surface area contributed by atoms with Crippen LogP contribution in [0.15, 0.2) is 48.6 Å². The molecule has 1 aliphatic heterocycles. The fourth-order valence-corrected chi connectivity index (χ4v) is 7.60. The maximum Gasteiger partial charge on any atom is 0.306 e. The first-order valence-corrected chi connectivity index (χ1v) is 25.2. The Kier molecular flexibility index (Phi) is 40.7. The zero-order valence-corrected chi connectivity index (χ0v) is 39.2. The lowest BCUT2D eigenvalue weighted by Crippen LogP contribution is -2.59. The highest BCUT2D eigenvalue weighted by Gasteiger charge is 2.44. The highest BCUT2D eigenvalue weighted by molar-refractivity contribution is 5.69. The Bertz CT molecular complexity index is 1070. The third-order valence-electron chi connectivity index (χ3n) is 11.5. The van der Waals surface area contributed by atoms with Crippen molar-refractivity contribution in [2.75, 3.05) is 26.4 Å². The molecule has 6 atom stereocenters. The average molecular weight is 863 g/mol. The molecule has 1 saturated heterocycles. The SMILES string of the molecule is CC/C=C\C/C=C\C/C=C\C/C=C\CCCCCCC(=O)OC(COCCCCCCCCCCCCCCCCCCCCCCC)COC1OC(CO)C(O)C(O)C1O. The molecule has 0 amide bonds. The molecular formula is C52H94O9. The van der Waals surface area contributed by atoms with Crippen molar-refractivity contribution in [2.24, 2.45) is 0 Å². The molecule has 9 nitrogen and oxygen atoms in total. The van der Waals surface area contributed by atoms with Crippen LogP contribution in [-0.4, -0.2) is 89.6 Å². The van der Waals surface area contributed by atoms with E-state index < -0.39 is 43.4 Å².